The summed E-state index contributed by atoms with van der Waals surface area (Å²) in [6, 6.07) is 8.75. The second-order valence-corrected chi connectivity index (χ2v) is 8.38. The summed E-state index contributed by atoms with van der Waals surface area (Å²) >= 11 is 3.58. The smallest absolute Gasteiger partial charge is 0.0177 e. The average molecular weight is 338 g/mol. The van der Waals surface area contributed by atoms with Gasteiger partial charge >= 0.3 is 0 Å². The molecule has 0 saturated heterocycles. The Morgan fingerprint density at radius 3 is 2.55 bits per heavy atom. The van der Waals surface area contributed by atoms with Gasteiger partial charge < -0.3 is 5.73 Å². The molecule has 1 nitrogen and oxygen atoms in total. The van der Waals surface area contributed by atoms with Gasteiger partial charge in [0.15, 0.2) is 0 Å². The van der Waals surface area contributed by atoms with E-state index in [2.05, 4.69) is 61.0 Å². The Hall–Kier alpha value is -0.340. The average Bonchev–Trinajstić information content (AvgIpc) is 2.37. The lowest BCUT2D eigenvalue weighted by atomic mass is 9.64. The molecule has 1 aliphatic carbocycles. The van der Waals surface area contributed by atoms with Crippen LogP contribution in [0.4, 0.5) is 0 Å². The van der Waals surface area contributed by atoms with Crippen LogP contribution in [0, 0.1) is 23.2 Å². The van der Waals surface area contributed by atoms with Gasteiger partial charge in [0.2, 0.25) is 0 Å². The van der Waals surface area contributed by atoms with Crippen molar-refractivity contribution in [3.63, 3.8) is 0 Å². The Kier molecular flexibility index (Phi) is 5.30. The Balaban J connectivity index is 2.09. The summed E-state index contributed by atoms with van der Waals surface area (Å²) in [6.45, 7) is 8.00. The lowest BCUT2D eigenvalue weighted by molar-refractivity contribution is 0.101. The third-order valence-corrected chi connectivity index (χ3v) is 5.55. The first-order valence-electron chi connectivity index (χ1n) is 7.84. The summed E-state index contributed by atoms with van der Waals surface area (Å²) in [5, 5.41) is 0. The molecule has 112 valence electrons. The van der Waals surface area contributed by atoms with Crippen LogP contribution < -0.4 is 5.73 Å². The van der Waals surface area contributed by atoms with Gasteiger partial charge in [-0.3, -0.25) is 0 Å². The Labute approximate surface area is 132 Å². The van der Waals surface area contributed by atoms with E-state index in [4.69, 9.17) is 5.73 Å². The van der Waals surface area contributed by atoms with Crippen LogP contribution in [-0.2, 0) is 6.42 Å². The maximum atomic E-state index is 6.02. The fraction of sp³-hybridized carbons (Fsp3) is 0.667. The molecule has 1 aromatic carbocycles. The van der Waals surface area contributed by atoms with Crippen molar-refractivity contribution in [1.82, 2.24) is 0 Å². The van der Waals surface area contributed by atoms with Gasteiger partial charge in [0.25, 0.3) is 0 Å². The molecule has 0 amide bonds. The number of hydrogen-bond donors (Lipinski definition) is 1. The molecular formula is C18H28BrN. The molecule has 0 aliphatic heterocycles. The van der Waals surface area contributed by atoms with Gasteiger partial charge in [0, 0.05) is 4.47 Å². The standard InChI is InChI=1S/C18H28BrN/c1-18(2,3)16-8-7-14(12-20)15(11-16)9-13-5-4-6-17(19)10-13/h4-6,10,14-16H,7-9,11-12,20H2,1-3H3. The highest BCUT2D eigenvalue weighted by Crippen LogP contribution is 2.43. The van der Waals surface area contributed by atoms with Crippen molar-refractivity contribution < 1.29 is 0 Å². The van der Waals surface area contributed by atoms with E-state index in [0.717, 1.165) is 18.4 Å². The quantitative estimate of drug-likeness (QED) is 0.822. The number of benzene rings is 1. The van der Waals surface area contributed by atoms with Crippen LogP contribution in [0.2, 0.25) is 0 Å². The highest BCUT2D eigenvalue weighted by Gasteiger charge is 2.35. The van der Waals surface area contributed by atoms with Crippen LogP contribution in [0.1, 0.15) is 45.6 Å². The molecule has 1 aromatic rings. The minimum Gasteiger partial charge on any atom is -0.330 e. The number of hydrogen-bond acceptors (Lipinski definition) is 1. The monoisotopic (exact) mass is 337 g/mol. The number of rotatable bonds is 3. The van der Waals surface area contributed by atoms with Crippen molar-refractivity contribution in [2.75, 3.05) is 6.54 Å². The molecule has 1 saturated carbocycles. The first kappa shape index (κ1) is 16.0. The molecule has 0 bridgehead atoms. The summed E-state index contributed by atoms with van der Waals surface area (Å²) < 4.78 is 1.18. The molecule has 3 atom stereocenters. The third-order valence-electron chi connectivity index (χ3n) is 5.05. The van der Waals surface area contributed by atoms with E-state index in [1.165, 1.54) is 35.7 Å². The summed E-state index contributed by atoms with van der Waals surface area (Å²) in [5.74, 6) is 2.28. The first-order valence-corrected chi connectivity index (χ1v) is 8.64. The number of nitrogens with two attached hydrogens (primary N) is 1. The van der Waals surface area contributed by atoms with Crippen LogP contribution in [0.5, 0.6) is 0 Å². The fourth-order valence-corrected chi connectivity index (χ4v) is 4.09. The summed E-state index contributed by atoms with van der Waals surface area (Å²) in [5.41, 5.74) is 7.89. The maximum Gasteiger partial charge on any atom is 0.0177 e. The highest BCUT2D eigenvalue weighted by molar-refractivity contribution is 9.10. The molecule has 3 unspecified atom stereocenters. The molecule has 2 heteroatoms. The first-order chi connectivity index (χ1) is 9.40. The zero-order valence-corrected chi connectivity index (χ0v) is 14.6. The molecule has 20 heavy (non-hydrogen) atoms. The zero-order chi connectivity index (χ0) is 14.8. The molecule has 0 heterocycles. The Morgan fingerprint density at radius 1 is 1.20 bits per heavy atom. The van der Waals surface area contributed by atoms with Gasteiger partial charge in [-0.15, -0.1) is 0 Å². The maximum absolute atomic E-state index is 6.02. The van der Waals surface area contributed by atoms with Crippen molar-refractivity contribution in [2.45, 2.75) is 46.5 Å². The van der Waals surface area contributed by atoms with Gasteiger partial charge in [-0.1, -0.05) is 48.8 Å². The van der Waals surface area contributed by atoms with Crippen molar-refractivity contribution in [3.05, 3.63) is 34.3 Å². The third kappa shape index (κ3) is 4.08. The van der Waals surface area contributed by atoms with Gasteiger partial charge in [-0.2, -0.15) is 0 Å². The lowest BCUT2D eigenvalue weighted by Gasteiger charge is -2.41. The largest absolute Gasteiger partial charge is 0.330 e. The highest BCUT2D eigenvalue weighted by atomic mass is 79.9. The van der Waals surface area contributed by atoms with E-state index in [0.29, 0.717) is 11.3 Å². The van der Waals surface area contributed by atoms with Gasteiger partial charge in [-0.25, -0.2) is 0 Å². The van der Waals surface area contributed by atoms with Crippen LogP contribution in [0.3, 0.4) is 0 Å². The minimum absolute atomic E-state index is 0.426. The molecule has 0 spiro atoms. The fourth-order valence-electron chi connectivity index (χ4n) is 3.64. The second kappa shape index (κ2) is 6.62. The van der Waals surface area contributed by atoms with E-state index in [1.54, 1.807) is 0 Å². The number of halogens is 1. The SMILES string of the molecule is CC(C)(C)C1CCC(CN)C(Cc2cccc(Br)c2)C1. The van der Waals surface area contributed by atoms with E-state index >= 15 is 0 Å². The molecule has 0 aromatic heterocycles. The van der Waals surface area contributed by atoms with Crippen LogP contribution in [0.15, 0.2) is 28.7 Å². The minimum atomic E-state index is 0.426. The van der Waals surface area contributed by atoms with Crippen molar-refractivity contribution in [2.24, 2.45) is 28.9 Å². The van der Waals surface area contributed by atoms with Gasteiger partial charge in [-0.05, 0) is 73.1 Å². The van der Waals surface area contributed by atoms with Crippen molar-refractivity contribution in [1.29, 1.82) is 0 Å². The Bertz CT molecular complexity index is 435. The normalized spacial score (nSPS) is 27.6. The predicted molar refractivity (Wildman–Crippen MR) is 90.7 cm³/mol. The molecule has 2 rings (SSSR count). The van der Waals surface area contributed by atoms with Gasteiger partial charge in [0.05, 0.1) is 0 Å². The summed E-state index contributed by atoms with van der Waals surface area (Å²) in [4.78, 5) is 0. The molecular weight excluding hydrogens is 310 g/mol. The van der Waals surface area contributed by atoms with E-state index < -0.39 is 0 Å². The topological polar surface area (TPSA) is 26.0 Å². The predicted octanol–water partition coefficient (Wildman–Crippen LogP) is 5.03. The van der Waals surface area contributed by atoms with Crippen LogP contribution in [0.25, 0.3) is 0 Å². The van der Waals surface area contributed by atoms with Crippen LogP contribution in [-0.4, -0.2) is 6.54 Å². The van der Waals surface area contributed by atoms with Crippen molar-refractivity contribution >= 4 is 15.9 Å². The van der Waals surface area contributed by atoms with Crippen LogP contribution >= 0.6 is 15.9 Å². The summed E-state index contributed by atoms with van der Waals surface area (Å²) in [6.07, 6.45) is 5.16. The van der Waals surface area contributed by atoms with Gasteiger partial charge in [0.1, 0.15) is 0 Å². The van der Waals surface area contributed by atoms with E-state index in [-0.39, 0.29) is 0 Å². The summed E-state index contributed by atoms with van der Waals surface area (Å²) in [7, 11) is 0. The molecule has 0 radical (unpaired) electrons. The molecule has 2 N–H and O–H groups in total. The molecule has 1 aliphatic rings. The zero-order valence-electron chi connectivity index (χ0n) is 13.0. The Morgan fingerprint density at radius 2 is 1.95 bits per heavy atom. The van der Waals surface area contributed by atoms with E-state index in [1.807, 2.05) is 0 Å². The lowest BCUT2D eigenvalue weighted by Crippen LogP contribution is -2.36. The molecule has 1 fully saturated rings. The van der Waals surface area contributed by atoms with E-state index in [9.17, 15) is 0 Å². The second-order valence-electron chi connectivity index (χ2n) is 7.47. The van der Waals surface area contributed by atoms with Crippen molar-refractivity contribution in [3.8, 4) is 0 Å².